The van der Waals surface area contributed by atoms with Crippen molar-refractivity contribution >= 4 is 17.5 Å². The number of methoxy groups -OCH3 is 1. The number of carbonyl (C=O) groups excluding carboxylic acids is 1. The molecule has 2 aromatic rings. The Morgan fingerprint density at radius 3 is 2.90 bits per heavy atom. The predicted molar refractivity (Wildman–Crippen MR) is 82.9 cm³/mol. The lowest BCUT2D eigenvalue weighted by atomic mass is 10.0. The van der Waals surface area contributed by atoms with Gasteiger partial charge in [0.2, 0.25) is 0 Å². The van der Waals surface area contributed by atoms with Gasteiger partial charge in [-0.3, -0.25) is 4.79 Å². The average Bonchev–Trinajstić information content (AvgIpc) is 2.90. The van der Waals surface area contributed by atoms with E-state index in [9.17, 15) is 4.79 Å². The molecule has 0 saturated carbocycles. The second-order valence-corrected chi connectivity index (χ2v) is 5.77. The summed E-state index contributed by atoms with van der Waals surface area (Å²) in [5, 5.41) is 8.66. The van der Waals surface area contributed by atoms with Crippen molar-refractivity contribution in [3.63, 3.8) is 0 Å². The zero-order valence-electron chi connectivity index (χ0n) is 12.5. The fourth-order valence-electron chi connectivity index (χ4n) is 2.03. The Morgan fingerprint density at radius 2 is 2.19 bits per heavy atom. The van der Waals surface area contributed by atoms with Crippen molar-refractivity contribution in [2.24, 2.45) is 0 Å². The van der Waals surface area contributed by atoms with Crippen molar-refractivity contribution in [2.45, 2.75) is 25.5 Å². The van der Waals surface area contributed by atoms with Crippen LogP contribution in [0, 0.1) is 13.8 Å². The smallest absolute Gasteiger partial charge is 0.191 e. The van der Waals surface area contributed by atoms with E-state index < -0.39 is 0 Å². The Balaban J connectivity index is 1.99. The molecule has 0 saturated heterocycles. The van der Waals surface area contributed by atoms with Gasteiger partial charge in [0.15, 0.2) is 10.9 Å². The van der Waals surface area contributed by atoms with Crippen LogP contribution >= 0.6 is 11.8 Å². The van der Waals surface area contributed by atoms with Gasteiger partial charge in [0, 0.05) is 19.2 Å². The highest BCUT2D eigenvalue weighted by atomic mass is 32.2. The molecule has 0 N–H and O–H groups in total. The summed E-state index contributed by atoms with van der Waals surface area (Å²) in [6.07, 6.45) is 1.66. The molecule has 112 valence electrons. The molecule has 6 heteroatoms. The fourth-order valence-corrected chi connectivity index (χ4v) is 2.86. The summed E-state index contributed by atoms with van der Waals surface area (Å²) >= 11 is 1.40. The highest BCUT2D eigenvalue weighted by Crippen LogP contribution is 2.18. The van der Waals surface area contributed by atoms with Gasteiger partial charge in [-0.05, 0) is 19.4 Å². The molecule has 0 aliphatic rings. The first-order valence-corrected chi connectivity index (χ1v) is 7.70. The van der Waals surface area contributed by atoms with E-state index in [0.29, 0.717) is 18.9 Å². The lowest BCUT2D eigenvalue weighted by molar-refractivity contribution is 0.102. The Morgan fingerprint density at radius 1 is 1.38 bits per heavy atom. The van der Waals surface area contributed by atoms with Crippen molar-refractivity contribution < 1.29 is 9.53 Å². The number of ether oxygens (including phenoxy) is 1. The Kier molecular flexibility index (Phi) is 5.52. The third-order valence-corrected chi connectivity index (χ3v) is 4.11. The first kappa shape index (κ1) is 15.7. The van der Waals surface area contributed by atoms with Crippen molar-refractivity contribution in [2.75, 3.05) is 19.5 Å². The number of aryl methyl sites for hydroxylation is 2. The van der Waals surface area contributed by atoms with Crippen molar-refractivity contribution in [3.05, 3.63) is 41.2 Å². The van der Waals surface area contributed by atoms with Gasteiger partial charge >= 0.3 is 0 Å². The summed E-state index contributed by atoms with van der Waals surface area (Å²) < 4.78 is 6.93. The van der Waals surface area contributed by atoms with E-state index in [-0.39, 0.29) is 5.78 Å². The predicted octanol–water partition coefficient (Wildman–Crippen LogP) is 2.52. The maximum absolute atomic E-state index is 12.3. The quantitative estimate of drug-likeness (QED) is 0.581. The van der Waals surface area contributed by atoms with Gasteiger partial charge in [-0.15, -0.1) is 10.2 Å². The van der Waals surface area contributed by atoms with Crippen LogP contribution in [-0.2, 0) is 11.3 Å². The number of hydrogen-bond acceptors (Lipinski definition) is 5. The van der Waals surface area contributed by atoms with Crippen LogP contribution in [0.3, 0.4) is 0 Å². The highest BCUT2D eigenvalue weighted by molar-refractivity contribution is 7.99. The largest absolute Gasteiger partial charge is 0.383 e. The van der Waals surface area contributed by atoms with Gasteiger partial charge in [0.25, 0.3) is 0 Å². The molecule has 2 rings (SSSR count). The van der Waals surface area contributed by atoms with Crippen LogP contribution in [-0.4, -0.2) is 40.0 Å². The molecule has 0 unspecified atom stereocenters. The van der Waals surface area contributed by atoms with Gasteiger partial charge in [-0.1, -0.05) is 35.5 Å². The van der Waals surface area contributed by atoms with E-state index in [1.165, 1.54) is 11.8 Å². The molecule has 21 heavy (non-hydrogen) atoms. The molecular formula is C15H19N3O2S. The molecule has 0 aliphatic carbocycles. The van der Waals surface area contributed by atoms with Gasteiger partial charge < -0.3 is 9.30 Å². The lowest BCUT2D eigenvalue weighted by Gasteiger charge is -2.07. The molecule has 0 bridgehead atoms. The number of carbonyl (C=O) groups is 1. The number of aromatic nitrogens is 3. The highest BCUT2D eigenvalue weighted by Gasteiger charge is 2.12. The summed E-state index contributed by atoms with van der Waals surface area (Å²) in [4.78, 5) is 12.3. The second-order valence-electron chi connectivity index (χ2n) is 4.83. The van der Waals surface area contributed by atoms with E-state index in [0.717, 1.165) is 21.8 Å². The summed E-state index contributed by atoms with van der Waals surface area (Å²) in [7, 11) is 1.65. The van der Waals surface area contributed by atoms with Crippen LogP contribution in [0.5, 0.6) is 0 Å². The minimum absolute atomic E-state index is 0.110. The fraction of sp³-hybridized carbons (Fsp3) is 0.400. The van der Waals surface area contributed by atoms with Crippen LogP contribution in [0.15, 0.2) is 29.7 Å². The minimum Gasteiger partial charge on any atom is -0.383 e. The summed E-state index contributed by atoms with van der Waals surface area (Å²) in [6.45, 7) is 5.26. The number of ketones is 1. The SMILES string of the molecule is COCCn1cnnc1SCC(=O)c1ccc(C)cc1C. The molecule has 0 atom stereocenters. The third kappa shape index (κ3) is 4.15. The number of rotatable bonds is 7. The lowest BCUT2D eigenvalue weighted by Crippen LogP contribution is -2.08. The van der Waals surface area contributed by atoms with Crippen LogP contribution in [0.4, 0.5) is 0 Å². The minimum atomic E-state index is 0.110. The Labute approximate surface area is 128 Å². The molecule has 0 spiro atoms. The van der Waals surface area contributed by atoms with Crippen molar-refractivity contribution in [1.29, 1.82) is 0 Å². The maximum Gasteiger partial charge on any atom is 0.191 e. The van der Waals surface area contributed by atoms with E-state index >= 15 is 0 Å². The van der Waals surface area contributed by atoms with E-state index in [2.05, 4.69) is 10.2 Å². The van der Waals surface area contributed by atoms with Gasteiger partial charge in [-0.2, -0.15) is 0 Å². The molecule has 0 amide bonds. The first-order valence-electron chi connectivity index (χ1n) is 6.72. The standard InChI is InChI=1S/C15H19N3O2S/c1-11-4-5-13(12(2)8-11)14(19)9-21-15-17-16-10-18(15)6-7-20-3/h4-5,8,10H,6-7,9H2,1-3H3. The van der Waals surface area contributed by atoms with E-state index in [1.54, 1.807) is 13.4 Å². The molecular weight excluding hydrogens is 286 g/mol. The number of benzene rings is 1. The summed E-state index contributed by atoms with van der Waals surface area (Å²) in [6, 6.07) is 5.88. The average molecular weight is 305 g/mol. The van der Waals surface area contributed by atoms with E-state index in [4.69, 9.17) is 4.74 Å². The maximum atomic E-state index is 12.3. The van der Waals surface area contributed by atoms with Crippen LogP contribution in [0.2, 0.25) is 0 Å². The summed E-state index contributed by atoms with van der Waals surface area (Å²) in [5.41, 5.74) is 2.95. The number of hydrogen-bond donors (Lipinski definition) is 0. The third-order valence-electron chi connectivity index (χ3n) is 3.13. The van der Waals surface area contributed by atoms with Gasteiger partial charge in [0.05, 0.1) is 12.4 Å². The molecule has 0 fully saturated rings. The molecule has 0 aliphatic heterocycles. The van der Waals surface area contributed by atoms with Crippen LogP contribution < -0.4 is 0 Å². The topological polar surface area (TPSA) is 57.0 Å². The van der Waals surface area contributed by atoms with Crippen molar-refractivity contribution in [3.8, 4) is 0 Å². The Hall–Kier alpha value is -1.66. The molecule has 1 aromatic carbocycles. The van der Waals surface area contributed by atoms with E-state index in [1.807, 2.05) is 36.6 Å². The van der Waals surface area contributed by atoms with Crippen LogP contribution in [0.25, 0.3) is 0 Å². The molecule has 1 aromatic heterocycles. The number of nitrogens with zero attached hydrogens (tertiary/aromatic N) is 3. The zero-order valence-corrected chi connectivity index (χ0v) is 13.3. The monoisotopic (exact) mass is 305 g/mol. The number of Topliss-reactive ketones (excluding diaryl/α,β-unsaturated/α-hetero) is 1. The number of thioether (sulfide) groups is 1. The second kappa shape index (κ2) is 7.38. The zero-order chi connectivity index (χ0) is 15.2. The normalized spacial score (nSPS) is 10.8. The molecule has 0 radical (unpaired) electrons. The molecule has 1 heterocycles. The van der Waals surface area contributed by atoms with Crippen molar-refractivity contribution in [1.82, 2.24) is 14.8 Å². The first-order chi connectivity index (χ1) is 10.1. The summed E-state index contributed by atoms with van der Waals surface area (Å²) in [5.74, 6) is 0.467. The van der Waals surface area contributed by atoms with Crippen LogP contribution in [0.1, 0.15) is 21.5 Å². The van der Waals surface area contributed by atoms with Gasteiger partial charge in [0.1, 0.15) is 6.33 Å². The molecule has 5 nitrogen and oxygen atoms in total. The van der Waals surface area contributed by atoms with Gasteiger partial charge in [-0.25, -0.2) is 0 Å². The Bertz CT molecular complexity index is 625.